The van der Waals surface area contributed by atoms with Crippen molar-refractivity contribution in [3.8, 4) is 5.75 Å². The standard InChI is InChI=1S/C17H15ClN4O2S/c1-24-14-4-2-3-13(10-14)19-16(23)20-17-22-21-15(25-17)9-11-5-7-12(18)8-6-11/h2-8,10H,9H2,1H3,(H2,19,20,22,23). The van der Waals surface area contributed by atoms with Gasteiger partial charge in [-0.15, -0.1) is 10.2 Å². The largest absolute Gasteiger partial charge is 0.497 e. The Morgan fingerprint density at radius 1 is 1.16 bits per heavy atom. The quantitative estimate of drug-likeness (QED) is 0.692. The summed E-state index contributed by atoms with van der Waals surface area (Å²) in [7, 11) is 1.57. The van der Waals surface area contributed by atoms with Gasteiger partial charge in [-0.25, -0.2) is 4.79 Å². The molecule has 8 heteroatoms. The molecule has 0 unspecified atom stereocenters. The molecule has 3 rings (SSSR count). The molecule has 0 aliphatic rings. The molecule has 0 aliphatic carbocycles. The molecule has 6 nitrogen and oxygen atoms in total. The minimum Gasteiger partial charge on any atom is -0.497 e. The molecule has 1 heterocycles. The minimum atomic E-state index is -0.387. The van der Waals surface area contributed by atoms with E-state index in [1.807, 2.05) is 24.3 Å². The maximum atomic E-state index is 12.0. The predicted octanol–water partition coefficient (Wildman–Crippen LogP) is 4.43. The van der Waals surface area contributed by atoms with Crippen molar-refractivity contribution in [2.45, 2.75) is 6.42 Å². The molecular weight excluding hydrogens is 360 g/mol. The van der Waals surface area contributed by atoms with Crippen LogP contribution in [0.1, 0.15) is 10.6 Å². The van der Waals surface area contributed by atoms with Crippen LogP contribution >= 0.6 is 22.9 Å². The van der Waals surface area contributed by atoms with Crippen molar-refractivity contribution in [2.24, 2.45) is 0 Å². The lowest BCUT2D eigenvalue weighted by Gasteiger charge is -2.06. The maximum absolute atomic E-state index is 12.0. The van der Waals surface area contributed by atoms with E-state index in [1.54, 1.807) is 31.4 Å². The highest BCUT2D eigenvalue weighted by molar-refractivity contribution is 7.15. The predicted molar refractivity (Wildman–Crippen MR) is 99.8 cm³/mol. The summed E-state index contributed by atoms with van der Waals surface area (Å²) in [5.74, 6) is 0.666. The van der Waals surface area contributed by atoms with Gasteiger partial charge in [-0.1, -0.05) is 41.1 Å². The van der Waals surface area contributed by atoms with E-state index in [-0.39, 0.29) is 6.03 Å². The van der Waals surface area contributed by atoms with E-state index in [9.17, 15) is 4.79 Å². The normalized spacial score (nSPS) is 10.3. The minimum absolute atomic E-state index is 0.387. The third kappa shape index (κ3) is 4.91. The molecule has 1 aromatic heterocycles. The van der Waals surface area contributed by atoms with Gasteiger partial charge in [-0.05, 0) is 29.8 Å². The average Bonchev–Trinajstić information content (AvgIpc) is 3.04. The fraction of sp³-hybridized carbons (Fsp3) is 0.118. The molecule has 0 atom stereocenters. The zero-order chi connectivity index (χ0) is 17.6. The molecule has 0 aliphatic heterocycles. The third-order valence-corrected chi connectivity index (χ3v) is 4.37. The molecule has 0 fully saturated rings. The van der Waals surface area contributed by atoms with E-state index in [4.69, 9.17) is 16.3 Å². The summed E-state index contributed by atoms with van der Waals surface area (Å²) >= 11 is 7.20. The molecule has 0 radical (unpaired) electrons. The Hall–Kier alpha value is -2.64. The Morgan fingerprint density at radius 2 is 1.96 bits per heavy atom. The number of aromatic nitrogens is 2. The van der Waals surface area contributed by atoms with Gasteiger partial charge in [0.25, 0.3) is 0 Å². The molecule has 0 spiro atoms. The van der Waals surface area contributed by atoms with Gasteiger partial charge >= 0.3 is 6.03 Å². The molecule has 0 bridgehead atoms. The summed E-state index contributed by atoms with van der Waals surface area (Å²) in [6.45, 7) is 0. The number of anilines is 2. The lowest BCUT2D eigenvalue weighted by atomic mass is 10.2. The number of rotatable bonds is 5. The van der Waals surface area contributed by atoms with E-state index in [0.717, 1.165) is 10.6 Å². The van der Waals surface area contributed by atoms with Crippen LogP contribution in [0.4, 0.5) is 15.6 Å². The number of halogens is 1. The van der Waals surface area contributed by atoms with Crippen LogP contribution in [0.5, 0.6) is 5.75 Å². The Bertz CT molecular complexity index is 867. The first-order valence-electron chi connectivity index (χ1n) is 7.41. The first kappa shape index (κ1) is 17.2. The van der Waals surface area contributed by atoms with Gasteiger partial charge in [0.05, 0.1) is 7.11 Å². The highest BCUT2D eigenvalue weighted by atomic mass is 35.5. The van der Waals surface area contributed by atoms with Gasteiger partial charge in [-0.3, -0.25) is 5.32 Å². The molecule has 25 heavy (non-hydrogen) atoms. The summed E-state index contributed by atoms with van der Waals surface area (Å²) in [5.41, 5.74) is 1.70. The Kier molecular flexibility index (Phi) is 5.47. The van der Waals surface area contributed by atoms with Crippen molar-refractivity contribution in [2.75, 3.05) is 17.7 Å². The molecular formula is C17H15ClN4O2S. The SMILES string of the molecule is COc1cccc(NC(=O)Nc2nnc(Cc3ccc(Cl)cc3)s2)c1. The molecule has 3 aromatic rings. The van der Waals surface area contributed by atoms with E-state index in [1.165, 1.54) is 11.3 Å². The van der Waals surface area contributed by atoms with E-state index >= 15 is 0 Å². The Labute approximate surface area is 153 Å². The number of ether oxygens (including phenoxy) is 1. The first-order chi connectivity index (χ1) is 12.1. The van der Waals surface area contributed by atoms with Crippen LogP contribution in [0.25, 0.3) is 0 Å². The zero-order valence-corrected chi connectivity index (χ0v) is 14.9. The topological polar surface area (TPSA) is 76.1 Å². The van der Waals surface area contributed by atoms with Crippen LogP contribution in [0, 0.1) is 0 Å². The summed E-state index contributed by atoms with van der Waals surface area (Å²) in [5, 5.41) is 15.4. The summed E-state index contributed by atoms with van der Waals surface area (Å²) in [6, 6.07) is 14.2. The number of nitrogens with one attached hydrogen (secondary N) is 2. The van der Waals surface area contributed by atoms with Crippen molar-refractivity contribution in [3.05, 3.63) is 64.1 Å². The van der Waals surface area contributed by atoms with Crippen LogP contribution in [-0.4, -0.2) is 23.3 Å². The fourth-order valence-electron chi connectivity index (χ4n) is 2.11. The molecule has 2 N–H and O–H groups in total. The molecule has 128 valence electrons. The number of amides is 2. The number of benzene rings is 2. The number of urea groups is 1. The lowest BCUT2D eigenvalue weighted by Crippen LogP contribution is -2.19. The number of methoxy groups -OCH3 is 1. The van der Waals surface area contributed by atoms with E-state index < -0.39 is 0 Å². The van der Waals surface area contributed by atoms with Gasteiger partial charge in [0, 0.05) is 23.2 Å². The molecule has 0 saturated carbocycles. The lowest BCUT2D eigenvalue weighted by molar-refractivity contribution is 0.262. The summed E-state index contributed by atoms with van der Waals surface area (Å²) < 4.78 is 5.12. The monoisotopic (exact) mass is 374 g/mol. The van der Waals surface area contributed by atoms with Crippen molar-refractivity contribution < 1.29 is 9.53 Å². The van der Waals surface area contributed by atoms with Gasteiger partial charge in [0.15, 0.2) is 0 Å². The van der Waals surface area contributed by atoms with Gasteiger partial charge in [-0.2, -0.15) is 0 Å². The van der Waals surface area contributed by atoms with E-state index in [0.29, 0.717) is 28.0 Å². The van der Waals surface area contributed by atoms with Crippen molar-refractivity contribution >= 4 is 39.8 Å². The van der Waals surface area contributed by atoms with Crippen LogP contribution < -0.4 is 15.4 Å². The van der Waals surface area contributed by atoms with Crippen molar-refractivity contribution in [1.82, 2.24) is 10.2 Å². The van der Waals surface area contributed by atoms with Crippen molar-refractivity contribution in [1.29, 1.82) is 0 Å². The second-order valence-electron chi connectivity index (χ2n) is 5.12. The van der Waals surface area contributed by atoms with Gasteiger partial charge in [0.2, 0.25) is 5.13 Å². The van der Waals surface area contributed by atoms with Crippen LogP contribution in [0.2, 0.25) is 5.02 Å². The summed E-state index contributed by atoms with van der Waals surface area (Å²) in [4.78, 5) is 12.0. The molecule has 2 amide bonds. The maximum Gasteiger partial charge on any atom is 0.325 e. The summed E-state index contributed by atoms with van der Waals surface area (Å²) in [6.07, 6.45) is 0.633. The Balaban J connectivity index is 1.58. The van der Waals surface area contributed by atoms with Crippen LogP contribution in [0.3, 0.4) is 0 Å². The average molecular weight is 375 g/mol. The molecule has 0 saturated heterocycles. The van der Waals surface area contributed by atoms with Crippen LogP contribution in [-0.2, 0) is 6.42 Å². The highest BCUT2D eigenvalue weighted by Gasteiger charge is 2.09. The fourth-order valence-corrected chi connectivity index (χ4v) is 3.01. The number of hydrogen-bond donors (Lipinski definition) is 2. The smallest absolute Gasteiger partial charge is 0.325 e. The van der Waals surface area contributed by atoms with Gasteiger partial charge in [0.1, 0.15) is 10.8 Å². The molecule has 2 aromatic carbocycles. The Morgan fingerprint density at radius 3 is 2.72 bits per heavy atom. The van der Waals surface area contributed by atoms with Crippen molar-refractivity contribution in [3.63, 3.8) is 0 Å². The highest BCUT2D eigenvalue weighted by Crippen LogP contribution is 2.21. The first-order valence-corrected chi connectivity index (χ1v) is 8.61. The zero-order valence-electron chi connectivity index (χ0n) is 13.3. The van der Waals surface area contributed by atoms with E-state index in [2.05, 4.69) is 20.8 Å². The number of nitrogens with zero attached hydrogens (tertiary/aromatic N) is 2. The number of carbonyl (C=O) groups excluding carboxylic acids is 1. The second kappa shape index (κ2) is 7.96. The van der Waals surface area contributed by atoms with Crippen LogP contribution in [0.15, 0.2) is 48.5 Å². The van der Waals surface area contributed by atoms with Gasteiger partial charge < -0.3 is 10.1 Å². The number of carbonyl (C=O) groups is 1. The third-order valence-electron chi connectivity index (χ3n) is 3.28. The number of hydrogen-bond acceptors (Lipinski definition) is 5. The second-order valence-corrected chi connectivity index (χ2v) is 6.61.